The van der Waals surface area contributed by atoms with Gasteiger partial charge in [0.05, 0.1) is 66.8 Å². The first-order valence-electron chi connectivity index (χ1n) is 15.8. The second-order valence-electron chi connectivity index (χ2n) is 11.6. The van der Waals surface area contributed by atoms with Crippen LogP contribution in [0.2, 0.25) is 10.0 Å². The molecule has 7 rings (SSSR count). The highest BCUT2D eigenvalue weighted by Gasteiger charge is 2.31. The molecule has 0 aliphatic carbocycles. The molecule has 0 fully saturated rings. The molecule has 50 heavy (non-hydrogen) atoms. The van der Waals surface area contributed by atoms with Gasteiger partial charge >= 0.3 is 0 Å². The van der Waals surface area contributed by atoms with Crippen LogP contribution in [0.3, 0.4) is 0 Å². The lowest BCUT2D eigenvalue weighted by Crippen LogP contribution is -2.22. The zero-order valence-electron chi connectivity index (χ0n) is 27.1. The van der Waals surface area contributed by atoms with E-state index in [2.05, 4.69) is 10.6 Å². The Morgan fingerprint density at radius 2 is 0.840 bits per heavy atom. The van der Waals surface area contributed by atoms with Crippen LogP contribution in [0.15, 0.2) is 155 Å². The first-order valence-corrected chi connectivity index (χ1v) is 17.4. The van der Waals surface area contributed by atoms with Crippen molar-refractivity contribution >= 4 is 103 Å². The number of nitrogens with zero attached hydrogens (tertiary/aromatic N) is 4. The number of hydrogen-bond donors (Lipinski definition) is 2. The largest absolute Gasteiger partial charge is 0.353 e. The summed E-state index contributed by atoms with van der Waals surface area (Å²) in [6.07, 6.45) is 0. The van der Waals surface area contributed by atoms with Gasteiger partial charge in [-0.15, -0.1) is 0 Å². The quantitative estimate of drug-likeness (QED) is 0.123. The topological polar surface area (TPSA) is 55.3 Å². The Labute approximate surface area is 312 Å². The number of hydrogen-bond acceptors (Lipinski definition) is 6. The summed E-state index contributed by atoms with van der Waals surface area (Å²) in [5, 5.41) is 21.5. The maximum absolute atomic E-state index is 6.72. The molecule has 0 saturated heterocycles. The fraction of sp³-hybridized carbons (Fsp3) is 0.0500. The molecule has 6 nitrogen and oxygen atoms in total. The van der Waals surface area contributed by atoms with Crippen molar-refractivity contribution < 1.29 is 0 Å². The van der Waals surface area contributed by atoms with Gasteiger partial charge in [0.25, 0.3) is 0 Å². The van der Waals surface area contributed by atoms with E-state index < -0.39 is 0 Å². The van der Waals surface area contributed by atoms with Crippen LogP contribution in [-0.4, -0.2) is 21.4 Å². The number of rotatable bonds is 8. The van der Waals surface area contributed by atoms with Gasteiger partial charge in [-0.05, 0) is 61.4 Å². The summed E-state index contributed by atoms with van der Waals surface area (Å²) in [7, 11) is 0. The number of hydrazone groups is 2. The maximum Gasteiger partial charge on any atom is 0.139 e. The molecule has 0 amide bonds. The molecular formula is C40H30Cl2N6S2. The second-order valence-corrected chi connectivity index (χ2v) is 13.2. The number of para-hydroxylation sites is 2. The lowest BCUT2D eigenvalue weighted by Gasteiger charge is -2.22. The van der Waals surface area contributed by atoms with Gasteiger partial charge in [0, 0.05) is 0 Å². The Morgan fingerprint density at radius 1 is 0.520 bits per heavy atom. The molecule has 5 aromatic carbocycles. The Morgan fingerprint density at radius 3 is 1.18 bits per heavy atom. The van der Waals surface area contributed by atoms with Gasteiger partial charge in [-0.25, -0.2) is 10.0 Å². The molecule has 0 unspecified atom stereocenters. The van der Waals surface area contributed by atoms with Crippen LogP contribution < -0.4 is 20.7 Å². The van der Waals surface area contributed by atoms with Gasteiger partial charge < -0.3 is 10.6 Å². The van der Waals surface area contributed by atoms with Crippen molar-refractivity contribution in [3.8, 4) is 0 Å². The fourth-order valence-electron chi connectivity index (χ4n) is 5.87. The summed E-state index contributed by atoms with van der Waals surface area (Å²) in [5.41, 5.74) is 9.64. The zero-order valence-corrected chi connectivity index (χ0v) is 30.2. The van der Waals surface area contributed by atoms with Crippen LogP contribution in [-0.2, 0) is 0 Å². The Kier molecular flexibility index (Phi) is 9.61. The Balaban J connectivity index is 1.36. The minimum Gasteiger partial charge on any atom is -0.353 e. The van der Waals surface area contributed by atoms with E-state index >= 15 is 0 Å². The third-order valence-corrected chi connectivity index (χ3v) is 9.72. The number of thiocarbonyl (C=S) groups is 2. The zero-order chi connectivity index (χ0) is 34.8. The smallest absolute Gasteiger partial charge is 0.139 e. The van der Waals surface area contributed by atoms with E-state index in [4.69, 9.17) is 57.8 Å². The van der Waals surface area contributed by atoms with Crippen LogP contribution in [0, 0.1) is 0 Å². The second kappa shape index (κ2) is 14.4. The van der Waals surface area contributed by atoms with E-state index in [1.807, 2.05) is 147 Å². The number of halogens is 2. The molecule has 0 spiro atoms. The highest BCUT2D eigenvalue weighted by Crippen LogP contribution is 2.40. The molecular weight excluding hydrogens is 700 g/mol. The number of anilines is 4. The Hall–Kier alpha value is -5.12. The highest BCUT2D eigenvalue weighted by molar-refractivity contribution is 7.81. The average molecular weight is 730 g/mol. The van der Waals surface area contributed by atoms with E-state index in [0.717, 1.165) is 56.5 Å². The molecule has 2 N–H and O–H groups in total. The molecule has 0 bridgehead atoms. The van der Waals surface area contributed by atoms with Crippen LogP contribution >= 0.6 is 47.6 Å². The molecule has 2 heterocycles. The van der Waals surface area contributed by atoms with Crippen molar-refractivity contribution in [1.82, 2.24) is 0 Å². The summed E-state index contributed by atoms with van der Waals surface area (Å²) in [4.78, 5) is 1.15. The molecule has 0 saturated carbocycles. The summed E-state index contributed by atoms with van der Waals surface area (Å²) in [5.74, 6) is 0. The van der Waals surface area contributed by atoms with Crippen molar-refractivity contribution in [3.05, 3.63) is 166 Å². The van der Waals surface area contributed by atoms with E-state index in [1.165, 1.54) is 0 Å². The molecule has 0 atom stereocenters. The highest BCUT2D eigenvalue weighted by atomic mass is 35.5. The van der Waals surface area contributed by atoms with E-state index in [9.17, 15) is 0 Å². The van der Waals surface area contributed by atoms with Gasteiger partial charge in [-0.3, -0.25) is 0 Å². The van der Waals surface area contributed by atoms with Crippen LogP contribution in [0.1, 0.15) is 25.0 Å². The van der Waals surface area contributed by atoms with Crippen LogP contribution in [0.5, 0.6) is 0 Å². The molecule has 0 aromatic heterocycles. The van der Waals surface area contributed by atoms with E-state index in [-0.39, 0.29) is 0 Å². The van der Waals surface area contributed by atoms with Crippen LogP contribution in [0.25, 0.3) is 11.4 Å². The predicted octanol–water partition coefficient (Wildman–Crippen LogP) is 11.1. The maximum atomic E-state index is 6.72. The van der Waals surface area contributed by atoms with Gasteiger partial charge in [0.1, 0.15) is 9.98 Å². The number of nitrogens with one attached hydrogen (secondary N) is 2. The first kappa shape index (κ1) is 33.4. The molecule has 246 valence electrons. The van der Waals surface area contributed by atoms with E-state index in [0.29, 0.717) is 31.4 Å². The van der Waals surface area contributed by atoms with Gasteiger partial charge in [-0.2, -0.15) is 10.2 Å². The average Bonchev–Trinajstić information content (AvgIpc) is 3.61. The molecule has 2 aliphatic rings. The minimum atomic E-state index is 0.390. The molecule has 10 heteroatoms. The van der Waals surface area contributed by atoms with Crippen molar-refractivity contribution in [2.75, 3.05) is 20.7 Å². The third-order valence-electron chi connectivity index (χ3n) is 8.24. The van der Waals surface area contributed by atoms with Gasteiger partial charge in [-0.1, -0.05) is 145 Å². The van der Waals surface area contributed by atoms with Gasteiger partial charge in [0.2, 0.25) is 0 Å². The third kappa shape index (κ3) is 6.58. The normalized spacial score (nSPS) is 16.3. The van der Waals surface area contributed by atoms with Crippen molar-refractivity contribution in [2.24, 2.45) is 10.2 Å². The SMILES string of the molecule is CC1=NN(c2ccccc2)C(=S)C1=C(Nc1cc(Cl)c(Cl)cc1NC(=C1C(=S)N(c2ccccc2)N=C1C)c1ccccc1)c1ccccc1. The minimum absolute atomic E-state index is 0.390. The standard InChI is InChI=1S/C40H30Cl2N6S2/c1-25-35(39(49)47(45-25)29-19-11-5-12-20-29)37(27-15-7-3-8-16-27)43-33-23-31(41)32(42)24-34(33)44-38(28-17-9-4-10-18-28)36-26(2)46-48(40(36)50)30-21-13-6-14-22-30/h3-24,43-44H,1-2H3. The number of benzene rings is 5. The summed E-state index contributed by atoms with van der Waals surface area (Å²) in [6, 6.07) is 43.4. The lowest BCUT2D eigenvalue weighted by molar-refractivity contribution is 1.17. The summed E-state index contributed by atoms with van der Waals surface area (Å²) in [6.45, 7) is 3.92. The van der Waals surface area contributed by atoms with Crippen molar-refractivity contribution in [1.29, 1.82) is 0 Å². The fourth-order valence-corrected chi connectivity index (χ4v) is 6.99. The summed E-state index contributed by atoms with van der Waals surface area (Å²) < 4.78 is 0. The van der Waals surface area contributed by atoms with Crippen LogP contribution in [0.4, 0.5) is 22.7 Å². The van der Waals surface area contributed by atoms with Gasteiger partial charge in [0.15, 0.2) is 0 Å². The Bertz CT molecular complexity index is 2080. The molecule has 5 aromatic rings. The van der Waals surface area contributed by atoms with Crippen molar-refractivity contribution in [3.63, 3.8) is 0 Å². The lowest BCUT2D eigenvalue weighted by atomic mass is 10.0. The molecule has 0 radical (unpaired) electrons. The molecule has 2 aliphatic heterocycles. The monoisotopic (exact) mass is 728 g/mol. The first-order chi connectivity index (χ1) is 24.3. The summed E-state index contributed by atoms with van der Waals surface area (Å²) >= 11 is 25.6. The predicted molar refractivity (Wildman–Crippen MR) is 220 cm³/mol. The van der Waals surface area contributed by atoms with E-state index in [1.54, 1.807) is 10.0 Å². The van der Waals surface area contributed by atoms with Crippen molar-refractivity contribution in [2.45, 2.75) is 13.8 Å².